The fourth-order valence-corrected chi connectivity index (χ4v) is 3.16. The SMILES string of the molecule is CN(C)c1ncccc1CNC(=O)CC1CSCCN1. The first-order chi connectivity index (χ1) is 9.66. The Morgan fingerprint density at radius 3 is 3.15 bits per heavy atom. The Bertz CT molecular complexity index is 447. The first-order valence-corrected chi connectivity index (χ1v) is 8.01. The summed E-state index contributed by atoms with van der Waals surface area (Å²) in [4.78, 5) is 18.3. The van der Waals surface area contributed by atoms with Crippen LogP contribution in [0.15, 0.2) is 18.3 Å². The van der Waals surface area contributed by atoms with Gasteiger partial charge in [0.05, 0.1) is 0 Å². The Morgan fingerprint density at radius 1 is 1.60 bits per heavy atom. The molecule has 1 aromatic rings. The predicted octanol–water partition coefficient (Wildman–Crippen LogP) is 0.859. The van der Waals surface area contributed by atoms with Gasteiger partial charge in [0.1, 0.15) is 5.82 Å². The lowest BCUT2D eigenvalue weighted by molar-refractivity contribution is -0.121. The van der Waals surface area contributed by atoms with Crippen molar-refractivity contribution in [3.8, 4) is 0 Å². The summed E-state index contributed by atoms with van der Waals surface area (Å²) in [5.41, 5.74) is 1.04. The summed E-state index contributed by atoms with van der Waals surface area (Å²) < 4.78 is 0. The van der Waals surface area contributed by atoms with Crippen LogP contribution in [0, 0.1) is 0 Å². The van der Waals surface area contributed by atoms with Crippen LogP contribution in [0.1, 0.15) is 12.0 Å². The number of hydrogen-bond acceptors (Lipinski definition) is 5. The van der Waals surface area contributed by atoms with Gasteiger partial charge in [0, 0.05) is 62.9 Å². The molecule has 2 N–H and O–H groups in total. The predicted molar refractivity (Wildman–Crippen MR) is 84.1 cm³/mol. The molecule has 1 saturated heterocycles. The molecule has 0 saturated carbocycles. The number of nitrogens with one attached hydrogen (secondary N) is 2. The first-order valence-electron chi connectivity index (χ1n) is 6.86. The third-order valence-corrected chi connectivity index (χ3v) is 4.33. The molecule has 0 radical (unpaired) electrons. The van der Waals surface area contributed by atoms with Crippen LogP contribution < -0.4 is 15.5 Å². The van der Waals surface area contributed by atoms with Crippen LogP contribution in [-0.2, 0) is 11.3 Å². The van der Waals surface area contributed by atoms with Crippen molar-refractivity contribution in [1.82, 2.24) is 15.6 Å². The van der Waals surface area contributed by atoms with Gasteiger partial charge >= 0.3 is 0 Å². The number of rotatable bonds is 5. The molecule has 6 heteroatoms. The molecule has 1 unspecified atom stereocenters. The van der Waals surface area contributed by atoms with Gasteiger partial charge in [-0.3, -0.25) is 4.79 Å². The molecule has 0 spiro atoms. The minimum Gasteiger partial charge on any atom is -0.362 e. The van der Waals surface area contributed by atoms with Gasteiger partial charge in [0.15, 0.2) is 0 Å². The molecule has 1 amide bonds. The smallest absolute Gasteiger partial charge is 0.221 e. The number of aromatic nitrogens is 1. The number of anilines is 1. The lowest BCUT2D eigenvalue weighted by Crippen LogP contribution is -2.41. The maximum absolute atomic E-state index is 12.0. The van der Waals surface area contributed by atoms with Gasteiger partial charge in [-0.1, -0.05) is 6.07 Å². The van der Waals surface area contributed by atoms with Gasteiger partial charge in [-0.15, -0.1) is 0 Å². The second-order valence-electron chi connectivity index (χ2n) is 5.09. The van der Waals surface area contributed by atoms with Crippen LogP contribution in [0.25, 0.3) is 0 Å². The van der Waals surface area contributed by atoms with E-state index in [1.807, 2.05) is 42.9 Å². The summed E-state index contributed by atoms with van der Waals surface area (Å²) >= 11 is 1.91. The van der Waals surface area contributed by atoms with Crippen molar-refractivity contribution in [1.29, 1.82) is 0 Å². The summed E-state index contributed by atoms with van der Waals surface area (Å²) in [6.07, 6.45) is 2.31. The highest BCUT2D eigenvalue weighted by Crippen LogP contribution is 2.14. The van der Waals surface area contributed by atoms with E-state index >= 15 is 0 Å². The van der Waals surface area contributed by atoms with Crippen molar-refractivity contribution < 1.29 is 4.79 Å². The van der Waals surface area contributed by atoms with Crippen molar-refractivity contribution in [2.24, 2.45) is 0 Å². The van der Waals surface area contributed by atoms with Gasteiger partial charge < -0.3 is 15.5 Å². The molecule has 1 atom stereocenters. The lowest BCUT2D eigenvalue weighted by atomic mass is 10.2. The molecular weight excluding hydrogens is 272 g/mol. The number of hydrogen-bond donors (Lipinski definition) is 2. The third-order valence-electron chi connectivity index (χ3n) is 3.20. The summed E-state index contributed by atoms with van der Waals surface area (Å²) in [6, 6.07) is 4.20. The molecule has 110 valence electrons. The van der Waals surface area contributed by atoms with E-state index in [1.165, 1.54) is 0 Å². The molecule has 0 aromatic carbocycles. The van der Waals surface area contributed by atoms with Crippen LogP contribution in [0.2, 0.25) is 0 Å². The van der Waals surface area contributed by atoms with Gasteiger partial charge in [-0.2, -0.15) is 11.8 Å². The largest absolute Gasteiger partial charge is 0.362 e. The van der Waals surface area contributed by atoms with Gasteiger partial charge in [0.2, 0.25) is 5.91 Å². The molecule has 2 rings (SSSR count). The zero-order chi connectivity index (χ0) is 14.4. The quantitative estimate of drug-likeness (QED) is 0.843. The van der Waals surface area contributed by atoms with Gasteiger partial charge in [0.25, 0.3) is 0 Å². The molecule has 1 aliphatic heterocycles. The van der Waals surface area contributed by atoms with Crippen molar-refractivity contribution >= 4 is 23.5 Å². The third kappa shape index (κ3) is 4.38. The Morgan fingerprint density at radius 2 is 2.45 bits per heavy atom. The van der Waals surface area contributed by atoms with Crippen LogP contribution in [0.4, 0.5) is 5.82 Å². The molecular formula is C14H22N4OS. The summed E-state index contributed by atoms with van der Waals surface area (Å²) in [5, 5.41) is 6.36. The monoisotopic (exact) mass is 294 g/mol. The van der Waals surface area contributed by atoms with Crippen molar-refractivity contribution in [3.63, 3.8) is 0 Å². The summed E-state index contributed by atoms with van der Waals surface area (Å²) in [5.74, 6) is 3.15. The van der Waals surface area contributed by atoms with E-state index in [0.717, 1.165) is 29.4 Å². The zero-order valence-corrected chi connectivity index (χ0v) is 12.9. The fourth-order valence-electron chi connectivity index (χ4n) is 2.21. The highest BCUT2D eigenvalue weighted by atomic mass is 32.2. The maximum Gasteiger partial charge on any atom is 0.221 e. The Labute approximate surface area is 124 Å². The molecule has 1 fully saturated rings. The topological polar surface area (TPSA) is 57.3 Å². The number of carbonyl (C=O) groups is 1. The summed E-state index contributed by atoms with van der Waals surface area (Å²) in [6.45, 7) is 1.52. The molecule has 5 nitrogen and oxygen atoms in total. The van der Waals surface area contributed by atoms with Crippen LogP contribution >= 0.6 is 11.8 Å². The average Bonchev–Trinajstić information content (AvgIpc) is 2.46. The minimum absolute atomic E-state index is 0.0959. The minimum atomic E-state index is 0.0959. The number of thioether (sulfide) groups is 1. The van der Waals surface area contributed by atoms with Crippen LogP contribution in [-0.4, -0.2) is 49.1 Å². The molecule has 0 aliphatic carbocycles. The van der Waals surface area contributed by atoms with E-state index in [1.54, 1.807) is 6.20 Å². The fraction of sp³-hybridized carbons (Fsp3) is 0.571. The van der Waals surface area contributed by atoms with E-state index in [-0.39, 0.29) is 5.91 Å². The van der Waals surface area contributed by atoms with Gasteiger partial charge in [-0.05, 0) is 6.07 Å². The van der Waals surface area contributed by atoms with E-state index in [9.17, 15) is 4.79 Å². The molecule has 2 heterocycles. The van der Waals surface area contributed by atoms with Crippen LogP contribution in [0.5, 0.6) is 0 Å². The first kappa shape index (κ1) is 15.1. The van der Waals surface area contributed by atoms with Crippen molar-refractivity contribution in [3.05, 3.63) is 23.9 Å². The highest BCUT2D eigenvalue weighted by molar-refractivity contribution is 7.99. The molecule has 20 heavy (non-hydrogen) atoms. The molecule has 0 bridgehead atoms. The number of nitrogens with zero attached hydrogens (tertiary/aromatic N) is 2. The van der Waals surface area contributed by atoms with E-state index < -0.39 is 0 Å². The Kier molecular flexibility index (Phi) is 5.67. The second-order valence-corrected chi connectivity index (χ2v) is 6.24. The highest BCUT2D eigenvalue weighted by Gasteiger charge is 2.16. The molecule has 1 aromatic heterocycles. The summed E-state index contributed by atoms with van der Waals surface area (Å²) in [7, 11) is 3.91. The van der Waals surface area contributed by atoms with E-state index in [2.05, 4.69) is 15.6 Å². The Hall–Kier alpha value is -1.27. The standard InChI is InChI=1S/C14H22N4OS/c1-18(2)14-11(4-3-5-16-14)9-17-13(19)8-12-10-20-7-6-15-12/h3-5,12,15H,6-10H2,1-2H3,(H,17,19). The van der Waals surface area contributed by atoms with Crippen LogP contribution in [0.3, 0.4) is 0 Å². The number of carbonyl (C=O) groups excluding carboxylic acids is 1. The van der Waals surface area contributed by atoms with E-state index in [4.69, 9.17) is 0 Å². The maximum atomic E-state index is 12.0. The normalized spacial score (nSPS) is 18.6. The second kappa shape index (κ2) is 7.50. The van der Waals surface area contributed by atoms with Crippen molar-refractivity contribution in [2.45, 2.75) is 19.0 Å². The van der Waals surface area contributed by atoms with E-state index in [0.29, 0.717) is 19.0 Å². The van der Waals surface area contributed by atoms with Gasteiger partial charge in [-0.25, -0.2) is 4.98 Å². The van der Waals surface area contributed by atoms with Crippen molar-refractivity contribution in [2.75, 3.05) is 37.0 Å². The zero-order valence-electron chi connectivity index (χ0n) is 12.1. The lowest BCUT2D eigenvalue weighted by Gasteiger charge is -2.22. The Balaban J connectivity index is 1.83. The number of pyridine rings is 1. The number of amides is 1. The average molecular weight is 294 g/mol. The molecule has 1 aliphatic rings.